The van der Waals surface area contributed by atoms with Crippen molar-refractivity contribution in [2.45, 2.75) is 0 Å². The lowest BCUT2D eigenvalue weighted by Gasteiger charge is -2.26. The van der Waals surface area contributed by atoms with E-state index in [1.54, 1.807) is 0 Å². The van der Waals surface area contributed by atoms with E-state index in [1.165, 1.54) is 76.4 Å². The topological polar surface area (TPSA) is 16.3 Å². The molecule has 2 heterocycles. The largest absolute Gasteiger partial charge is 0.310 e. The fraction of sp³-hybridized carbons (Fsp3) is 0. The van der Waals surface area contributed by atoms with Crippen LogP contribution in [0.1, 0.15) is 11.1 Å². The molecule has 0 aliphatic carbocycles. The van der Waals surface area contributed by atoms with E-state index in [0.717, 1.165) is 67.7 Å². The average molecular weight is 1100 g/mol. The third-order valence-corrected chi connectivity index (χ3v) is 17.0. The van der Waals surface area contributed by atoms with Gasteiger partial charge in [0.1, 0.15) is 0 Å². The molecule has 0 N–H and O–H groups in total. The van der Waals surface area contributed by atoms with Gasteiger partial charge in [-0.3, -0.25) is 0 Å². The molecule has 0 unspecified atom stereocenters. The van der Waals surface area contributed by atoms with Gasteiger partial charge in [-0.05, 0) is 201 Å². The van der Waals surface area contributed by atoms with E-state index in [0.29, 0.717) is 0 Å². The molecular formula is C82H56N4. The van der Waals surface area contributed by atoms with Gasteiger partial charge in [0.2, 0.25) is 0 Å². The minimum Gasteiger partial charge on any atom is -0.310 e. The number of benzene rings is 14. The highest BCUT2D eigenvalue weighted by molar-refractivity contribution is 6.13. The Bertz CT molecular complexity index is 4870. The number of para-hydroxylation sites is 4. The Morgan fingerprint density at radius 2 is 0.500 bits per heavy atom. The van der Waals surface area contributed by atoms with Crippen molar-refractivity contribution in [3.63, 3.8) is 0 Å². The van der Waals surface area contributed by atoms with Crippen LogP contribution in [-0.4, -0.2) is 9.13 Å². The summed E-state index contributed by atoms with van der Waals surface area (Å²) in [6, 6.07) is 119. The summed E-state index contributed by atoms with van der Waals surface area (Å²) >= 11 is 0. The highest BCUT2D eigenvalue weighted by Gasteiger charge is 2.21. The van der Waals surface area contributed by atoms with Crippen molar-refractivity contribution < 1.29 is 0 Å². The zero-order valence-corrected chi connectivity index (χ0v) is 47.1. The number of hydrogen-bond acceptors (Lipinski definition) is 2. The molecule has 404 valence electrons. The van der Waals surface area contributed by atoms with Crippen molar-refractivity contribution in [1.82, 2.24) is 9.13 Å². The number of nitrogens with zero attached hydrogens (tertiary/aromatic N) is 4. The van der Waals surface area contributed by atoms with E-state index in [1.807, 2.05) is 0 Å². The van der Waals surface area contributed by atoms with Crippen LogP contribution in [-0.2, 0) is 0 Å². The van der Waals surface area contributed by atoms with Gasteiger partial charge in [0, 0.05) is 67.0 Å². The van der Waals surface area contributed by atoms with Crippen LogP contribution in [0.15, 0.2) is 328 Å². The molecule has 0 fully saturated rings. The van der Waals surface area contributed by atoms with Crippen molar-refractivity contribution in [3.05, 3.63) is 339 Å². The molecule has 16 rings (SSSR count). The third kappa shape index (κ3) is 9.14. The zero-order valence-electron chi connectivity index (χ0n) is 47.1. The first kappa shape index (κ1) is 50.3. The minimum atomic E-state index is 1.08. The highest BCUT2D eigenvalue weighted by atomic mass is 15.1. The van der Waals surface area contributed by atoms with Crippen LogP contribution >= 0.6 is 0 Å². The molecule has 0 aliphatic rings. The van der Waals surface area contributed by atoms with Crippen LogP contribution in [0.2, 0.25) is 0 Å². The average Bonchev–Trinajstić information content (AvgIpc) is 2.07. The van der Waals surface area contributed by atoms with Crippen molar-refractivity contribution in [3.8, 4) is 33.6 Å². The predicted octanol–water partition coefficient (Wildman–Crippen LogP) is 22.6. The van der Waals surface area contributed by atoms with Crippen molar-refractivity contribution >= 4 is 111 Å². The van der Waals surface area contributed by atoms with Crippen LogP contribution in [0.4, 0.5) is 34.1 Å². The first-order valence-electron chi connectivity index (χ1n) is 29.5. The molecule has 0 bridgehead atoms. The molecule has 0 amide bonds. The molecule has 14 aromatic carbocycles. The van der Waals surface area contributed by atoms with Crippen molar-refractivity contribution in [1.29, 1.82) is 0 Å². The monoisotopic (exact) mass is 1100 g/mol. The van der Waals surface area contributed by atoms with E-state index in [-0.39, 0.29) is 0 Å². The normalized spacial score (nSPS) is 11.7. The van der Waals surface area contributed by atoms with E-state index in [4.69, 9.17) is 0 Å². The third-order valence-electron chi connectivity index (χ3n) is 17.0. The van der Waals surface area contributed by atoms with Crippen LogP contribution in [0.25, 0.3) is 111 Å². The Hall–Kier alpha value is -11.5. The Morgan fingerprint density at radius 3 is 0.895 bits per heavy atom. The standard InChI is InChI=1S/C82H56N4/c1-5-21-67(22-6-1)83(73-45-49-81-77(55-73)75-53-65(63-37-35-59-17-13-15-19-61(59)51-63)39-47-79(75)85(81)69-25-9-3-10-26-69)71-41-31-57(32-42-71)29-30-58-33-43-72(44-34-58)84(68-23-7-2-8-24-68)74-46-50-82-78(56-74)76-54-66(64-38-36-60-18-14-16-20-62(60)52-64)40-48-80(76)86(82)70-27-11-4-12-28-70/h1-56H/b30-29+. The molecule has 0 atom stereocenters. The molecule has 0 aliphatic heterocycles. The quantitative estimate of drug-likeness (QED) is 0.113. The van der Waals surface area contributed by atoms with Crippen LogP contribution < -0.4 is 9.80 Å². The smallest absolute Gasteiger partial charge is 0.0542 e. The number of anilines is 6. The predicted molar refractivity (Wildman–Crippen MR) is 366 cm³/mol. The molecule has 0 spiro atoms. The van der Waals surface area contributed by atoms with Gasteiger partial charge in [0.05, 0.1) is 22.1 Å². The molecule has 0 saturated carbocycles. The van der Waals surface area contributed by atoms with E-state index in [9.17, 15) is 0 Å². The van der Waals surface area contributed by atoms with Gasteiger partial charge >= 0.3 is 0 Å². The second kappa shape index (κ2) is 21.4. The summed E-state index contributed by atoms with van der Waals surface area (Å²) in [4.78, 5) is 4.73. The van der Waals surface area contributed by atoms with Crippen LogP contribution in [0.3, 0.4) is 0 Å². The highest BCUT2D eigenvalue weighted by Crippen LogP contribution is 2.44. The summed E-state index contributed by atoms with van der Waals surface area (Å²) in [6.45, 7) is 0. The lowest BCUT2D eigenvalue weighted by Crippen LogP contribution is -2.09. The maximum atomic E-state index is 2.40. The Morgan fingerprint density at radius 1 is 0.209 bits per heavy atom. The summed E-state index contributed by atoms with van der Waals surface area (Å²) < 4.78 is 4.79. The lowest BCUT2D eigenvalue weighted by atomic mass is 9.99. The Labute approximate surface area is 499 Å². The van der Waals surface area contributed by atoms with E-state index < -0.39 is 0 Å². The number of rotatable bonds is 12. The van der Waals surface area contributed by atoms with E-state index >= 15 is 0 Å². The second-order valence-corrected chi connectivity index (χ2v) is 22.2. The SMILES string of the molecule is C(=C\c1ccc(N(c2ccccc2)c2ccc3c(c2)c2cc(-c4ccc5ccccc5c4)ccc2n3-c2ccccc2)cc1)/c1ccc(N(c2ccccc2)c2ccc3c(c2)c2cc(-c4ccc5ccccc5c4)ccc2n3-c2ccccc2)cc1. The first-order valence-corrected chi connectivity index (χ1v) is 29.5. The number of hydrogen-bond donors (Lipinski definition) is 0. The van der Waals surface area contributed by atoms with Crippen molar-refractivity contribution in [2.24, 2.45) is 0 Å². The Kier molecular flexibility index (Phi) is 12.5. The molecule has 4 heteroatoms. The van der Waals surface area contributed by atoms with Gasteiger partial charge in [-0.1, -0.05) is 194 Å². The maximum absolute atomic E-state index is 2.40. The number of aromatic nitrogens is 2. The van der Waals surface area contributed by atoms with Crippen LogP contribution in [0, 0.1) is 0 Å². The van der Waals surface area contributed by atoms with Crippen molar-refractivity contribution in [2.75, 3.05) is 9.80 Å². The zero-order chi connectivity index (χ0) is 56.9. The van der Waals surface area contributed by atoms with Crippen LogP contribution in [0.5, 0.6) is 0 Å². The fourth-order valence-corrected chi connectivity index (χ4v) is 12.8. The van der Waals surface area contributed by atoms with Gasteiger partial charge in [0.15, 0.2) is 0 Å². The lowest BCUT2D eigenvalue weighted by molar-refractivity contribution is 1.18. The summed E-state index contributed by atoms with van der Waals surface area (Å²) in [6.07, 6.45) is 4.42. The first-order chi connectivity index (χ1) is 42.6. The minimum absolute atomic E-state index is 1.08. The van der Waals surface area contributed by atoms with Gasteiger partial charge in [-0.15, -0.1) is 0 Å². The fourth-order valence-electron chi connectivity index (χ4n) is 12.8. The maximum Gasteiger partial charge on any atom is 0.0542 e. The summed E-state index contributed by atoms with van der Waals surface area (Å²) in [5, 5.41) is 9.78. The Balaban J connectivity index is 0.724. The molecule has 0 saturated heterocycles. The molecule has 2 aromatic heterocycles. The van der Waals surface area contributed by atoms with Gasteiger partial charge < -0.3 is 18.9 Å². The second-order valence-electron chi connectivity index (χ2n) is 22.2. The summed E-state index contributed by atoms with van der Waals surface area (Å²) in [7, 11) is 0. The molecule has 0 radical (unpaired) electrons. The summed E-state index contributed by atoms with van der Waals surface area (Å²) in [5.74, 6) is 0. The van der Waals surface area contributed by atoms with E-state index in [2.05, 4.69) is 359 Å². The summed E-state index contributed by atoms with van der Waals surface area (Å²) in [5.41, 5.74) is 20.5. The molecular weight excluding hydrogens is 1040 g/mol. The van der Waals surface area contributed by atoms with Gasteiger partial charge in [-0.2, -0.15) is 0 Å². The number of fused-ring (bicyclic) bond motifs is 8. The van der Waals surface area contributed by atoms with Gasteiger partial charge in [-0.25, -0.2) is 0 Å². The molecule has 4 nitrogen and oxygen atoms in total. The molecule has 16 aromatic rings. The molecule has 86 heavy (non-hydrogen) atoms. The van der Waals surface area contributed by atoms with Gasteiger partial charge in [0.25, 0.3) is 0 Å².